The molecule has 20 heavy (non-hydrogen) atoms. The first-order chi connectivity index (χ1) is 9.48. The van der Waals surface area contributed by atoms with Crippen LogP contribution in [0.25, 0.3) is 0 Å². The van der Waals surface area contributed by atoms with Crippen molar-refractivity contribution in [2.75, 3.05) is 31.9 Å². The molecule has 1 atom stereocenters. The van der Waals surface area contributed by atoms with Gasteiger partial charge in [-0.1, -0.05) is 0 Å². The van der Waals surface area contributed by atoms with Gasteiger partial charge in [-0.05, 0) is 53.5 Å². The van der Waals surface area contributed by atoms with E-state index in [1.807, 2.05) is 0 Å². The summed E-state index contributed by atoms with van der Waals surface area (Å²) in [6.45, 7) is 3.06. The van der Waals surface area contributed by atoms with Gasteiger partial charge in [-0.15, -0.1) is 0 Å². The first kappa shape index (κ1) is 14.3. The van der Waals surface area contributed by atoms with Crippen LogP contribution in [0.5, 0.6) is 0 Å². The van der Waals surface area contributed by atoms with Crippen LogP contribution in [0.1, 0.15) is 12.8 Å². The van der Waals surface area contributed by atoms with Crippen molar-refractivity contribution in [2.45, 2.75) is 23.8 Å². The molecule has 1 unspecified atom stereocenters. The Morgan fingerprint density at radius 1 is 1.25 bits per heavy atom. The predicted octanol–water partition coefficient (Wildman–Crippen LogP) is 1.50. The Bertz CT molecular complexity index is 620. The molecule has 0 amide bonds. The van der Waals surface area contributed by atoms with E-state index in [0.717, 1.165) is 19.5 Å². The predicted molar refractivity (Wildman–Crippen MR) is 81.9 cm³/mol. The zero-order valence-corrected chi connectivity index (χ0v) is 13.5. The standard InChI is InChI=1S/C13H18BrN3O2S/c14-12-4-3-10(15)8-13(12)20(18,19)17-7-6-16-5-1-2-11(16)9-17/h3-4,8,11H,1-2,5-7,9,15H2. The minimum Gasteiger partial charge on any atom is -0.399 e. The molecule has 2 aliphatic heterocycles. The topological polar surface area (TPSA) is 66.6 Å². The Hall–Kier alpha value is -0.630. The van der Waals surface area contributed by atoms with Gasteiger partial charge in [0.05, 0.1) is 4.90 Å². The van der Waals surface area contributed by atoms with Crippen molar-refractivity contribution in [3.63, 3.8) is 0 Å². The van der Waals surface area contributed by atoms with Gasteiger partial charge in [0.15, 0.2) is 0 Å². The summed E-state index contributed by atoms with van der Waals surface area (Å²) < 4.78 is 27.7. The van der Waals surface area contributed by atoms with Gasteiger partial charge in [0, 0.05) is 35.8 Å². The van der Waals surface area contributed by atoms with Crippen LogP contribution in [0.4, 0.5) is 5.69 Å². The Morgan fingerprint density at radius 3 is 2.85 bits per heavy atom. The van der Waals surface area contributed by atoms with E-state index >= 15 is 0 Å². The third kappa shape index (κ3) is 2.47. The molecule has 1 aromatic carbocycles. The Morgan fingerprint density at radius 2 is 2.05 bits per heavy atom. The molecule has 110 valence electrons. The van der Waals surface area contributed by atoms with E-state index in [-0.39, 0.29) is 4.90 Å². The fourth-order valence-electron chi connectivity index (χ4n) is 3.04. The summed E-state index contributed by atoms with van der Waals surface area (Å²) in [5, 5.41) is 0. The highest BCUT2D eigenvalue weighted by Crippen LogP contribution is 2.30. The number of sulfonamides is 1. The molecule has 2 aliphatic rings. The van der Waals surface area contributed by atoms with E-state index in [2.05, 4.69) is 20.8 Å². The summed E-state index contributed by atoms with van der Waals surface area (Å²) in [7, 11) is -3.47. The Labute approximate surface area is 127 Å². The van der Waals surface area contributed by atoms with Crippen molar-refractivity contribution in [1.82, 2.24) is 9.21 Å². The minimum absolute atomic E-state index is 0.268. The average Bonchev–Trinajstić information content (AvgIpc) is 2.88. The Kier molecular flexibility index (Phi) is 3.79. The number of fused-ring (bicyclic) bond motifs is 1. The highest BCUT2D eigenvalue weighted by atomic mass is 79.9. The van der Waals surface area contributed by atoms with Crippen molar-refractivity contribution in [1.29, 1.82) is 0 Å². The molecular formula is C13H18BrN3O2S. The molecule has 3 rings (SSSR count). The maximum absolute atomic E-state index is 12.8. The second kappa shape index (κ2) is 5.29. The average molecular weight is 360 g/mol. The highest BCUT2D eigenvalue weighted by Gasteiger charge is 2.36. The van der Waals surface area contributed by atoms with E-state index in [0.29, 0.717) is 29.3 Å². The van der Waals surface area contributed by atoms with Gasteiger partial charge in [0.1, 0.15) is 0 Å². The van der Waals surface area contributed by atoms with Crippen LogP contribution in [0.3, 0.4) is 0 Å². The van der Waals surface area contributed by atoms with Crippen molar-refractivity contribution in [3.05, 3.63) is 22.7 Å². The lowest BCUT2D eigenvalue weighted by molar-refractivity contribution is 0.158. The lowest BCUT2D eigenvalue weighted by atomic mass is 10.2. The number of nitrogens with zero attached hydrogens (tertiary/aromatic N) is 2. The number of anilines is 1. The molecule has 2 N–H and O–H groups in total. The van der Waals surface area contributed by atoms with Gasteiger partial charge in [-0.3, -0.25) is 4.90 Å². The van der Waals surface area contributed by atoms with Gasteiger partial charge in [0.25, 0.3) is 0 Å². The lowest BCUT2D eigenvalue weighted by Gasteiger charge is -2.36. The summed E-state index contributed by atoms with van der Waals surface area (Å²) in [5.74, 6) is 0. The number of nitrogens with two attached hydrogens (primary N) is 1. The fraction of sp³-hybridized carbons (Fsp3) is 0.538. The van der Waals surface area contributed by atoms with Gasteiger partial charge in [0.2, 0.25) is 10.0 Å². The molecule has 2 fully saturated rings. The SMILES string of the molecule is Nc1ccc(Br)c(S(=O)(=O)N2CCN3CCCC3C2)c1. The molecule has 5 nitrogen and oxygen atoms in total. The smallest absolute Gasteiger partial charge is 0.244 e. The van der Waals surface area contributed by atoms with E-state index in [9.17, 15) is 8.42 Å². The summed E-state index contributed by atoms with van der Waals surface area (Å²) >= 11 is 3.32. The molecular weight excluding hydrogens is 342 g/mol. The van der Waals surface area contributed by atoms with E-state index in [1.165, 1.54) is 12.5 Å². The van der Waals surface area contributed by atoms with Gasteiger partial charge in [-0.25, -0.2) is 8.42 Å². The van der Waals surface area contributed by atoms with Crippen LogP contribution >= 0.6 is 15.9 Å². The summed E-state index contributed by atoms with van der Waals surface area (Å²) in [6, 6.07) is 5.28. The highest BCUT2D eigenvalue weighted by molar-refractivity contribution is 9.10. The molecule has 2 heterocycles. The maximum Gasteiger partial charge on any atom is 0.244 e. The summed E-state index contributed by atoms with van der Waals surface area (Å²) in [5.41, 5.74) is 6.19. The van der Waals surface area contributed by atoms with E-state index in [4.69, 9.17) is 5.73 Å². The number of hydrogen-bond donors (Lipinski definition) is 1. The van der Waals surface area contributed by atoms with Crippen molar-refractivity contribution >= 4 is 31.6 Å². The van der Waals surface area contributed by atoms with Gasteiger partial charge < -0.3 is 5.73 Å². The van der Waals surface area contributed by atoms with Crippen LogP contribution in [-0.4, -0.2) is 49.8 Å². The van der Waals surface area contributed by atoms with Crippen LogP contribution in [0.2, 0.25) is 0 Å². The first-order valence-corrected chi connectivity index (χ1v) is 9.01. The second-order valence-electron chi connectivity index (χ2n) is 5.38. The molecule has 1 aromatic rings. The van der Waals surface area contributed by atoms with Crippen LogP contribution in [0.15, 0.2) is 27.6 Å². The molecule has 2 saturated heterocycles. The van der Waals surface area contributed by atoms with Crippen molar-refractivity contribution in [2.24, 2.45) is 0 Å². The number of halogens is 1. The number of nitrogen functional groups attached to an aromatic ring is 1. The third-order valence-electron chi connectivity index (χ3n) is 4.12. The van der Waals surface area contributed by atoms with Gasteiger partial charge >= 0.3 is 0 Å². The third-order valence-corrected chi connectivity index (χ3v) is 6.98. The van der Waals surface area contributed by atoms with Crippen molar-refractivity contribution < 1.29 is 8.42 Å². The van der Waals surface area contributed by atoms with Crippen LogP contribution in [0, 0.1) is 0 Å². The Balaban J connectivity index is 1.90. The van der Waals surface area contributed by atoms with Crippen molar-refractivity contribution in [3.8, 4) is 0 Å². The molecule has 7 heteroatoms. The van der Waals surface area contributed by atoms with E-state index in [1.54, 1.807) is 16.4 Å². The fourth-order valence-corrected chi connectivity index (χ4v) is 5.47. The van der Waals surface area contributed by atoms with E-state index < -0.39 is 10.0 Å². The molecule has 0 bridgehead atoms. The maximum atomic E-state index is 12.8. The molecule has 0 aromatic heterocycles. The number of hydrogen-bond acceptors (Lipinski definition) is 4. The van der Waals surface area contributed by atoms with Crippen LogP contribution in [-0.2, 0) is 10.0 Å². The number of piperazine rings is 1. The normalized spacial score (nSPS) is 24.8. The quantitative estimate of drug-likeness (QED) is 0.812. The monoisotopic (exact) mass is 359 g/mol. The second-order valence-corrected chi connectivity index (χ2v) is 8.15. The number of benzene rings is 1. The molecule has 0 spiro atoms. The minimum atomic E-state index is -3.47. The molecule has 0 aliphatic carbocycles. The first-order valence-electron chi connectivity index (χ1n) is 6.78. The zero-order valence-electron chi connectivity index (χ0n) is 11.1. The van der Waals surface area contributed by atoms with Crippen LogP contribution < -0.4 is 5.73 Å². The molecule has 0 saturated carbocycles. The molecule has 0 radical (unpaired) electrons. The largest absolute Gasteiger partial charge is 0.399 e. The summed E-state index contributed by atoms with van der Waals surface area (Å²) in [6.07, 6.45) is 2.25. The summed E-state index contributed by atoms with van der Waals surface area (Å²) in [4.78, 5) is 2.66. The zero-order chi connectivity index (χ0) is 14.3. The number of rotatable bonds is 2. The lowest BCUT2D eigenvalue weighted by Crippen LogP contribution is -2.51. The van der Waals surface area contributed by atoms with Gasteiger partial charge in [-0.2, -0.15) is 4.31 Å².